The average molecular weight is 481 g/mol. The lowest BCUT2D eigenvalue weighted by Gasteiger charge is -2.40. The molecule has 2 aromatic rings. The minimum atomic E-state index is -4.71. The largest absolute Gasteiger partial charge is 0.418 e. The van der Waals surface area contributed by atoms with Gasteiger partial charge in [0.05, 0.1) is 10.5 Å². The summed E-state index contributed by atoms with van der Waals surface area (Å²) in [6.07, 6.45) is -4.71. The SMILES string of the molecule is CC1CN(c2ccc(F)cc2C(F)(F)F)CCN1S(=O)(=O)c1cccc(Br)c1. The molecule has 1 heterocycles. The molecular weight excluding hydrogens is 464 g/mol. The number of hydrogen-bond acceptors (Lipinski definition) is 3. The molecule has 10 heteroatoms. The molecule has 2 aromatic carbocycles. The van der Waals surface area contributed by atoms with E-state index in [0.29, 0.717) is 10.5 Å². The summed E-state index contributed by atoms with van der Waals surface area (Å²) < 4.78 is 81.0. The molecule has 28 heavy (non-hydrogen) atoms. The molecule has 0 amide bonds. The van der Waals surface area contributed by atoms with E-state index < -0.39 is 33.6 Å². The van der Waals surface area contributed by atoms with Crippen LogP contribution in [0.5, 0.6) is 0 Å². The molecule has 1 fully saturated rings. The van der Waals surface area contributed by atoms with Crippen LogP contribution in [0.25, 0.3) is 0 Å². The van der Waals surface area contributed by atoms with E-state index in [2.05, 4.69) is 15.9 Å². The van der Waals surface area contributed by atoms with E-state index in [1.807, 2.05) is 0 Å². The van der Waals surface area contributed by atoms with E-state index in [4.69, 9.17) is 0 Å². The fourth-order valence-corrected chi connectivity index (χ4v) is 5.50. The Labute approximate surface area is 168 Å². The van der Waals surface area contributed by atoms with E-state index in [1.165, 1.54) is 21.3 Å². The van der Waals surface area contributed by atoms with Crippen molar-refractivity contribution < 1.29 is 26.0 Å². The predicted octanol–water partition coefficient (Wildman–Crippen LogP) is 4.51. The molecule has 1 aliphatic rings. The molecule has 1 atom stereocenters. The maximum atomic E-state index is 13.4. The smallest absolute Gasteiger partial charge is 0.368 e. The number of benzene rings is 2. The van der Waals surface area contributed by atoms with Crippen LogP contribution in [-0.4, -0.2) is 38.4 Å². The summed E-state index contributed by atoms with van der Waals surface area (Å²) in [6, 6.07) is 8.22. The first-order chi connectivity index (χ1) is 13.0. The van der Waals surface area contributed by atoms with E-state index in [-0.39, 0.29) is 30.2 Å². The van der Waals surface area contributed by atoms with E-state index in [9.17, 15) is 26.0 Å². The van der Waals surface area contributed by atoms with Crippen molar-refractivity contribution in [3.63, 3.8) is 0 Å². The minimum absolute atomic E-state index is 0.0185. The standard InChI is InChI=1S/C18H17BrF4N2O2S/c1-12-11-24(17-6-5-14(20)10-16(17)18(21,22)23)7-8-25(12)28(26,27)15-4-2-3-13(19)9-15/h2-6,9-10,12H,7-8,11H2,1H3. The lowest BCUT2D eigenvalue weighted by molar-refractivity contribution is -0.137. The van der Waals surface area contributed by atoms with Gasteiger partial charge in [0.1, 0.15) is 5.82 Å². The lowest BCUT2D eigenvalue weighted by Crippen LogP contribution is -2.54. The highest BCUT2D eigenvalue weighted by atomic mass is 79.9. The topological polar surface area (TPSA) is 40.6 Å². The number of nitrogens with zero attached hydrogens (tertiary/aromatic N) is 2. The second-order valence-corrected chi connectivity index (χ2v) is 9.33. The summed E-state index contributed by atoms with van der Waals surface area (Å²) in [5, 5.41) is 0. The first-order valence-electron chi connectivity index (χ1n) is 8.39. The number of alkyl halides is 3. The van der Waals surface area contributed by atoms with E-state index >= 15 is 0 Å². The first-order valence-corrected chi connectivity index (χ1v) is 10.6. The molecule has 0 radical (unpaired) electrons. The maximum absolute atomic E-state index is 13.4. The van der Waals surface area contributed by atoms with Gasteiger partial charge < -0.3 is 4.90 Å². The second kappa shape index (κ2) is 7.64. The van der Waals surface area contributed by atoms with Crippen LogP contribution in [0.3, 0.4) is 0 Å². The Balaban J connectivity index is 1.87. The van der Waals surface area contributed by atoms with Crippen LogP contribution < -0.4 is 4.90 Å². The van der Waals surface area contributed by atoms with Crippen LogP contribution in [-0.2, 0) is 16.2 Å². The van der Waals surface area contributed by atoms with Crippen molar-refractivity contribution >= 4 is 31.6 Å². The molecule has 0 aromatic heterocycles. The van der Waals surface area contributed by atoms with Gasteiger partial charge in [-0.2, -0.15) is 17.5 Å². The molecule has 0 aliphatic carbocycles. The van der Waals surface area contributed by atoms with Crippen LogP contribution in [0.15, 0.2) is 51.8 Å². The lowest BCUT2D eigenvalue weighted by atomic mass is 10.1. The van der Waals surface area contributed by atoms with Crippen LogP contribution in [0, 0.1) is 5.82 Å². The molecule has 0 N–H and O–H groups in total. The molecule has 0 spiro atoms. The number of anilines is 1. The summed E-state index contributed by atoms with van der Waals surface area (Å²) in [4.78, 5) is 1.56. The highest BCUT2D eigenvalue weighted by Gasteiger charge is 2.39. The molecular formula is C18H17BrF4N2O2S. The normalized spacial score (nSPS) is 19.1. The Hall–Kier alpha value is -1.65. The van der Waals surface area contributed by atoms with Crippen molar-refractivity contribution in [3.8, 4) is 0 Å². The quantitative estimate of drug-likeness (QED) is 0.607. The number of hydrogen-bond donors (Lipinski definition) is 0. The zero-order valence-electron chi connectivity index (χ0n) is 14.7. The summed E-state index contributed by atoms with van der Waals surface area (Å²) >= 11 is 3.24. The van der Waals surface area contributed by atoms with Gasteiger partial charge in [-0.1, -0.05) is 22.0 Å². The highest BCUT2D eigenvalue weighted by Crippen LogP contribution is 2.38. The van der Waals surface area contributed by atoms with Gasteiger partial charge in [-0.15, -0.1) is 0 Å². The molecule has 1 aliphatic heterocycles. The van der Waals surface area contributed by atoms with Crippen LogP contribution >= 0.6 is 15.9 Å². The number of rotatable bonds is 3. The Bertz CT molecular complexity index is 982. The van der Waals surface area contributed by atoms with Crippen molar-refractivity contribution in [3.05, 3.63) is 58.3 Å². The Morgan fingerprint density at radius 2 is 1.82 bits per heavy atom. The summed E-state index contributed by atoms with van der Waals surface area (Å²) in [5.41, 5.74) is -1.22. The Kier molecular flexibility index (Phi) is 5.75. The van der Waals surface area contributed by atoms with Gasteiger partial charge >= 0.3 is 6.18 Å². The van der Waals surface area contributed by atoms with Gasteiger partial charge in [-0.05, 0) is 43.3 Å². The molecule has 4 nitrogen and oxygen atoms in total. The van der Waals surface area contributed by atoms with Gasteiger partial charge in [-0.3, -0.25) is 0 Å². The molecule has 1 saturated heterocycles. The molecule has 1 unspecified atom stereocenters. The predicted molar refractivity (Wildman–Crippen MR) is 101 cm³/mol. The Morgan fingerprint density at radius 3 is 2.43 bits per heavy atom. The highest BCUT2D eigenvalue weighted by molar-refractivity contribution is 9.10. The van der Waals surface area contributed by atoms with Gasteiger partial charge in [0.15, 0.2) is 0 Å². The third-order valence-corrected chi connectivity index (χ3v) is 7.08. The van der Waals surface area contributed by atoms with Gasteiger partial charge in [0.25, 0.3) is 0 Å². The minimum Gasteiger partial charge on any atom is -0.368 e. The van der Waals surface area contributed by atoms with Crippen molar-refractivity contribution in [1.82, 2.24) is 4.31 Å². The van der Waals surface area contributed by atoms with Gasteiger partial charge in [0, 0.05) is 35.8 Å². The third kappa shape index (κ3) is 4.18. The number of halogens is 5. The third-order valence-electron chi connectivity index (χ3n) is 4.57. The summed E-state index contributed by atoms with van der Waals surface area (Å²) in [6.45, 7) is 1.78. The van der Waals surface area contributed by atoms with Crippen molar-refractivity contribution in [2.45, 2.75) is 24.0 Å². The molecule has 0 bridgehead atoms. The van der Waals surface area contributed by atoms with Crippen molar-refractivity contribution in [1.29, 1.82) is 0 Å². The van der Waals surface area contributed by atoms with Crippen LogP contribution in [0.4, 0.5) is 23.2 Å². The molecule has 0 saturated carbocycles. The van der Waals surface area contributed by atoms with E-state index in [1.54, 1.807) is 19.1 Å². The van der Waals surface area contributed by atoms with Crippen LogP contribution in [0.1, 0.15) is 12.5 Å². The zero-order chi connectivity index (χ0) is 20.7. The van der Waals surface area contributed by atoms with E-state index in [0.717, 1.165) is 12.1 Å². The monoisotopic (exact) mass is 480 g/mol. The Morgan fingerprint density at radius 1 is 1.11 bits per heavy atom. The fraction of sp³-hybridized carbons (Fsp3) is 0.333. The second-order valence-electron chi connectivity index (χ2n) is 6.53. The molecule has 3 rings (SSSR count). The van der Waals surface area contributed by atoms with Crippen molar-refractivity contribution in [2.24, 2.45) is 0 Å². The van der Waals surface area contributed by atoms with Gasteiger partial charge in [0.2, 0.25) is 10.0 Å². The summed E-state index contributed by atoms with van der Waals surface area (Å²) in [5.74, 6) is -0.972. The molecule has 152 valence electrons. The fourth-order valence-electron chi connectivity index (χ4n) is 3.29. The maximum Gasteiger partial charge on any atom is 0.418 e. The average Bonchev–Trinajstić information content (AvgIpc) is 2.60. The van der Waals surface area contributed by atoms with Crippen LogP contribution in [0.2, 0.25) is 0 Å². The number of sulfonamides is 1. The number of piperazine rings is 1. The van der Waals surface area contributed by atoms with Gasteiger partial charge in [-0.25, -0.2) is 12.8 Å². The summed E-state index contributed by atoms with van der Waals surface area (Å²) in [7, 11) is -3.79. The van der Waals surface area contributed by atoms with Crippen molar-refractivity contribution in [2.75, 3.05) is 24.5 Å². The first kappa shape index (κ1) is 21.1. The zero-order valence-corrected chi connectivity index (χ0v) is 17.2.